The number of benzene rings is 1. The highest BCUT2D eigenvalue weighted by atomic mass is 16.4. The first-order valence-electron chi connectivity index (χ1n) is 6.98. The molecule has 1 aromatic rings. The molecule has 5 heteroatoms. The van der Waals surface area contributed by atoms with Crippen molar-refractivity contribution in [2.24, 2.45) is 0 Å². The summed E-state index contributed by atoms with van der Waals surface area (Å²) in [6.07, 6.45) is 4.42. The second kappa shape index (κ2) is 6.93. The average Bonchev–Trinajstić information content (AvgIpc) is 2.41. The summed E-state index contributed by atoms with van der Waals surface area (Å²) in [6.45, 7) is 0.718. The van der Waals surface area contributed by atoms with Gasteiger partial charge in [-0.3, -0.25) is 9.59 Å². The van der Waals surface area contributed by atoms with Crippen LogP contribution in [0.25, 0.3) is 0 Å². The SMILES string of the molecule is O=C(O)CNC(=O)CN1CCCCCc2ccccc21. The van der Waals surface area contributed by atoms with Crippen molar-refractivity contribution in [3.8, 4) is 0 Å². The molecule has 0 spiro atoms. The van der Waals surface area contributed by atoms with Crippen LogP contribution in [-0.2, 0) is 16.0 Å². The van der Waals surface area contributed by atoms with Crippen molar-refractivity contribution in [1.82, 2.24) is 5.32 Å². The van der Waals surface area contributed by atoms with E-state index in [1.807, 2.05) is 23.1 Å². The number of hydrogen-bond acceptors (Lipinski definition) is 3. The Kier molecular flexibility index (Phi) is 4.98. The van der Waals surface area contributed by atoms with E-state index in [0.29, 0.717) is 0 Å². The molecule has 0 aliphatic carbocycles. The zero-order valence-electron chi connectivity index (χ0n) is 11.5. The van der Waals surface area contributed by atoms with Crippen molar-refractivity contribution >= 4 is 17.6 Å². The molecule has 20 heavy (non-hydrogen) atoms. The summed E-state index contributed by atoms with van der Waals surface area (Å²) in [4.78, 5) is 24.3. The maximum absolute atomic E-state index is 11.8. The molecule has 1 heterocycles. The maximum atomic E-state index is 11.8. The Morgan fingerprint density at radius 1 is 1.20 bits per heavy atom. The van der Waals surface area contributed by atoms with E-state index < -0.39 is 5.97 Å². The first-order valence-corrected chi connectivity index (χ1v) is 6.98. The molecular formula is C15H20N2O3. The molecule has 1 aromatic carbocycles. The van der Waals surface area contributed by atoms with E-state index in [4.69, 9.17) is 5.11 Å². The molecule has 0 saturated heterocycles. The van der Waals surface area contributed by atoms with Crippen LogP contribution in [0, 0.1) is 0 Å². The van der Waals surface area contributed by atoms with Gasteiger partial charge in [0.2, 0.25) is 5.91 Å². The van der Waals surface area contributed by atoms with Crippen LogP contribution in [0.5, 0.6) is 0 Å². The average molecular weight is 276 g/mol. The molecule has 2 rings (SSSR count). The lowest BCUT2D eigenvalue weighted by Crippen LogP contribution is -2.40. The van der Waals surface area contributed by atoms with E-state index in [1.54, 1.807) is 0 Å². The van der Waals surface area contributed by atoms with E-state index in [9.17, 15) is 9.59 Å². The molecule has 1 aliphatic rings. The molecule has 1 aliphatic heterocycles. The van der Waals surface area contributed by atoms with Crippen LogP contribution in [0.1, 0.15) is 24.8 Å². The minimum atomic E-state index is -1.02. The van der Waals surface area contributed by atoms with Crippen molar-refractivity contribution in [1.29, 1.82) is 0 Å². The summed E-state index contributed by atoms with van der Waals surface area (Å²) >= 11 is 0. The Morgan fingerprint density at radius 3 is 2.80 bits per heavy atom. The van der Waals surface area contributed by atoms with Gasteiger partial charge in [0.25, 0.3) is 0 Å². The van der Waals surface area contributed by atoms with Crippen molar-refractivity contribution in [2.45, 2.75) is 25.7 Å². The van der Waals surface area contributed by atoms with E-state index in [0.717, 1.165) is 31.5 Å². The zero-order chi connectivity index (χ0) is 14.4. The highest BCUT2D eigenvalue weighted by Crippen LogP contribution is 2.25. The van der Waals surface area contributed by atoms with Crippen molar-refractivity contribution in [3.63, 3.8) is 0 Å². The highest BCUT2D eigenvalue weighted by molar-refractivity contribution is 5.85. The minimum Gasteiger partial charge on any atom is -0.480 e. The smallest absolute Gasteiger partial charge is 0.322 e. The van der Waals surface area contributed by atoms with Gasteiger partial charge in [-0.1, -0.05) is 24.6 Å². The zero-order valence-corrected chi connectivity index (χ0v) is 11.5. The van der Waals surface area contributed by atoms with E-state index in [2.05, 4.69) is 11.4 Å². The molecule has 0 bridgehead atoms. The molecule has 0 fully saturated rings. The number of para-hydroxylation sites is 1. The number of nitrogens with one attached hydrogen (secondary N) is 1. The monoisotopic (exact) mass is 276 g/mol. The molecule has 0 aromatic heterocycles. The number of aliphatic carboxylic acids is 1. The van der Waals surface area contributed by atoms with Crippen LogP contribution in [0.4, 0.5) is 5.69 Å². The quantitative estimate of drug-likeness (QED) is 0.872. The number of anilines is 1. The third kappa shape index (κ3) is 3.98. The second-order valence-electron chi connectivity index (χ2n) is 5.03. The van der Waals surface area contributed by atoms with Gasteiger partial charge in [0.15, 0.2) is 0 Å². The fourth-order valence-corrected chi connectivity index (χ4v) is 2.51. The normalized spacial score (nSPS) is 14.9. The van der Waals surface area contributed by atoms with Gasteiger partial charge < -0.3 is 15.3 Å². The summed E-state index contributed by atoms with van der Waals surface area (Å²) in [6, 6.07) is 8.12. The van der Waals surface area contributed by atoms with Crippen molar-refractivity contribution in [2.75, 3.05) is 24.5 Å². The summed E-state index contributed by atoms with van der Waals surface area (Å²) in [7, 11) is 0. The molecule has 2 N–H and O–H groups in total. The topological polar surface area (TPSA) is 69.6 Å². The van der Waals surface area contributed by atoms with Gasteiger partial charge in [0.05, 0.1) is 6.54 Å². The molecular weight excluding hydrogens is 256 g/mol. The lowest BCUT2D eigenvalue weighted by atomic mass is 10.0. The van der Waals surface area contributed by atoms with Crippen LogP contribution in [0.3, 0.4) is 0 Å². The third-order valence-electron chi connectivity index (χ3n) is 3.48. The van der Waals surface area contributed by atoms with Crippen LogP contribution in [0.15, 0.2) is 24.3 Å². The summed E-state index contributed by atoms with van der Waals surface area (Å²) in [5.74, 6) is -1.27. The highest BCUT2D eigenvalue weighted by Gasteiger charge is 2.16. The Hall–Kier alpha value is -2.04. The number of nitrogens with zero attached hydrogens (tertiary/aromatic N) is 1. The molecule has 5 nitrogen and oxygen atoms in total. The number of carboxylic acid groups (broad SMARTS) is 1. The molecule has 0 radical (unpaired) electrons. The molecule has 0 atom stereocenters. The van der Waals surface area contributed by atoms with E-state index >= 15 is 0 Å². The predicted molar refractivity (Wildman–Crippen MR) is 76.9 cm³/mol. The summed E-state index contributed by atoms with van der Waals surface area (Å²) < 4.78 is 0. The lowest BCUT2D eigenvalue weighted by molar-refractivity contribution is -0.137. The molecule has 108 valence electrons. The summed E-state index contributed by atoms with van der Waals surface area (Å²) in [5, 5.41) is 11.0. The van der Waals surface area contributed by atoms with Crippen LogP contribution >= 0.6 is 0 Å². The van der Waals surface area contributed by atoms with Crippen molar-refractivity contribution in [3.05, 3.63) is 29.8 Å². The van der Waals surface area contributed by atoms with Crippen LogP contribution in [-0.4, -0.2) is 36.6 Å². The molecule has 0 unspecified atom stereocenters. The number of rotatable bonds is 4. The van der Waals surface area contributed by atoms with Crippen LogP contribution < -0.4 is 10.2 Å². The van der Waals surface area contributed by atoms with Gasteiger partial charge in [-0.25, -0.2) is 0 Å². The van der Waals surface area contributed by atoms with E-state index in [1.165, 1.54) is 12.0 Å². The Bertz CT molecular complexity index is 488. The number of carbonyl (C=O) groups is 2. The molecule has 0 saturated carbocycles. The standard InChI is InChI=1S/C15H20N2O3/c18-14(16-10-15(19)20)11-17-9-5-1-2-6-12-7-3-4-8-13(12)17/h3-4,7-8H,1-2,5-6,9-11H2,(H,16,18)(H,19,20). The Labute approximate surface area is 118 Å². The number of carbonyl (C=O) groups excluding carboxylic acids is 1. The number of hydrogen-bond donors (Lipinski definition) is 2. The molecule has 1 amide bonds. The number of fused-ring (bicyclic) bond motifs is 1. The number of carboxylic acids is 1. The predicted octanol–water partition coefficient (Wildman–Crippen LogP) is 1.42. The van der Waals surface area contributed by atoms with Crippen LogP contribution in [0.2, 0.25) is 0 Å². The first-order chi connectivity index (χ1) is 9.66. The second-order valence-corrected chi connectivity index (χ2v) is 5.03. The van der Waals surface area contributed by atoms with Gasteiger partial charge in [-0.2, -0.15) is 0 Å². The van der Waals surface area contributed by atoms with E-state index in [-0.39, 0.29) is 19.0 Å². The fraction of sp³-hybridized carbons (Fsp3) is 0.467. The summed E-state index contributed by atoms with van der Waals surface area (Å²) in [5.41, 5.74) is 2.36. The van der Waals surface area contributed by atoms with Gasteiger partial charge in [0, 0.05) is 12.2 Å². The number of amides is 1. The number of aryl methyl sites for hydroxylation is 1. The lowest BCUT2D eigenvalue weighted by Gasteiger charge is -2.28. The third-order valence-corrected chi connectivity index (χ3v) is 3.48. The minimum absolute atomic E-state index is 0.213. The van der Waals surface area contributed by atoms with Gasteiger partial charge in [-0.05, 0) is 30.9 Å². The van der Waals surface area contributed by atoms with Gasteiger partial charge in [-0.15, -0.1) is 0 Å². The first kappa shape index (κ1) is 14.4. The van der Waals surface area contributed by atoms with Gasteiger partial charge in [0.1, 0.15) is 6.54 Å². The van der Waals surface area contributed by atoms with Crippen molar-refractivity contribution < 1.29 is 14.7 Å². The Morgan fingerprint density at radius 2 is 2.00 bits per heavy atom. The Balaban J connectivity index is 2.06. The fourth-order valence-electron chi connectivity index (χ4n) is 2.51. The largest absolute Gasteiger partial charge is 0.480 e. The maximum Gasteiger partial charge on any atom is 0.322 e. The van der Waals surface area contributed by atoms with Gasteiger partial charge >= 0.3 is 5.97 Å².